The van der Waals surface area contributed by atoms with Gasteiger partial charge in [0.2, 0.25) is 0 Å². The van der Waals surface area contributed by atoms with E-state index < -0.39 is 5.91 Å². The van der Waals surface area contributed by atoms with Crippen LogP contribution in [0.4, 0.5) is 0 Å². The molecule has 0 aliphatic heterocycles. The second-order valence-electron chi connectivity index (χ2n) is 8.60. The molecule has 0 saturated heterocycles. The van der Waals surface area contributed by atoms with Gasteiger partial charge in [-0.3, -0.25) is 4.79 Å². The van der Waals surface area contributed by atoms with Gasteiger partial charge in [0.05, 0.1) is 11.2 Å². The Morgan fingerprint density at radius 3 is 2.31 bits per heavy atom. The van der Waals surface area contributed by atoms with Gasteiger partial charge in [0.1, 0.15) is 17.7 Å². The number of halogens is 1. The largest absolute Gasteiger partial charge is 0.489 e. The van der Waals surface area contributed by atoms with Gasteiger partial charge in [-0.1, -0.05) is 45.2 Å². The van der Waals surface area contributed by atoms with E-state index in [0.29, 0.717) is 10.8 Å². The molecule has 1 amide bonds. The van der Waals surface area contributed by atoms with Crippen molar-refractivity contribution in [2.75, 3.05) is 0 Å². The Morgan fingerprint density at radius 2 is 1.86 bits per heavy atom. The molecule has 2 N–H and O–H groups in total. The van der Waals surface area contributed by atoms with E-state index in [1.807, 2.05) is 19.1 Å². The molecule has 7 heteroatoms. The summed E-state index contributed by atoms with van der Waals surface area (Å²) in [5.74, 6) is 3.34. The molecule has 6 nitrogen and oxygen atoms in total. The molecule has 1 fully saturated rings. The van der Waals surface area contributed by atoms with Crippen molar-refractivity contribution in [3.05, 3.63) is 46.0 Å². The number of benzene rings is 1. The van der Waals surface area contributed by atoms with Crippen molar-refractivity contribution in [2.24, 2.45) is 16.6 Å². The van der Waals surface area contributed by atoms with Crippen molar-refractivity contribution in [2.45, 2.75) is 54.1 Å². The zero-order valence-corrected chi connectivity index (χ0v) is 18.5. The third-order valence-electron chi connectivity index (χ3n) is 5.00. The van der Waals surface area contributed by atoms with Crippen LogP contribution in [0.15, 0.2) is 18.3 Å². The van der Waals surface area contributed by atoms with Crippen LogP contribution in [-0.2, 0) is 0 Å². The highest BCUT2D eigenvalue weighted by molar-refractivity contribution is 6.32. The molecule has 0 bridgehead atoms. The minimum atomic E-state index is -0.611. The summed E-state index contributed by atoms with van der Waals surface area (Å²) in [6.45, 7) is 12.6. The SMILES string of the molecule is C#Cc1ccc(OC2C(C)(C)CC2(C)C)c(C)c1Cl.Cc1ncc(C(N)=O)nn1. The average Bonchev–Trinajstić information content (AvgIpc) is 2.62. The lowest BCUT2D eigenvalue weighted by Gasteiger charge is -2.56. The highest BCUT2D eigenvalue weighted by Crippen LogP contribution is 2.55. The van der Waals surface area contributed by atoms with E-state index in [4.69, 9.17) is 28.5 Å². The van der Waals surface area contributed by atoms with Crippen LogP contribution in [0.2, 0.25) is 5.02 Å². The molecule has 1 saturated carbocycles. The van der Waals surface area contributed by atoms with E-state index in [1.165, 1.54) is 12.6 Å². The zero-order chi connectivity index (χ0) is 22.0. The Hall–Kier alpha value is -2.65. The van der Waals surface area contributed by atoms with Crippen molar-refractivity contribution >= 4 is 17.5 Å². The van der Waals surface area contributed by atoms with Gasteiger partial charge in [0.25, 0.3) is 5.91 Å². The molecule has 0 unspecified atom stereocenters. The van der Waals surface area contributed by atoms with Gasteiger partial charge in [-0.25, -0.2) is 4.98 Å². The van der Waals surface area contributed by atoms with Crippen LogP contribution < -0.4 is 10.5 Å². The lowest BCUT2D eigenvalue weighted by atomic mass is 9.53. The van der Waals surface area contributed by atoms with Crippen molar-refractivity contribution in [3.63, 3.8) is 0 Å². The molecular formula is C22H27ClN4O2. The topological polar surface area (TPSA) is 91.0 Å². The first-order valence-corrected chi connectivity index (χ1v) is 9.65. The molecule has 1 aliphatic carbocycles. The first-order valence-electron chi connectivity index (χ1n) is 9.27. The predicted octanol–water partition coefficient (Wildman–Crippen LogP) is 4.11. The van der Waals surface area contributed by atoms with Crippen molar-refractivity contribution in [3.8, 4) is 18.1 Å². The Bertz CT molecular complexity index is 933. The summed E-state index contributed by atoms with van der Waals surface area (Å²) in [7, 11) is 0. The fourth-order valence-corrected chi connectivity index (χ4v) is 4.29. The van der Waals surface area contributed by atoms with E-state index >= 15 is 0 Å². The number of nitrogens with zero attached hydrogens (tertiary/aromatic N) is 3. The van der Waals surface area contributed by atoms with E-state index in [0.717, 1.165) is 16.9 Å². The smallest absolute Gasteiger partial charge is 0.270 e. The van der Waals surface area contributed by atoms with Gasteiger partial charge in [-0.05, 0) is 32.4 Å². The Kier molecular flexibility index (Phi) is 6.54. The number of amides is 1. The van der Waals surface area contributed by atoms with Gasteiger partial charge in [-0.2, -0.15) is 0 Å². The Labute approximate surface area is 177 Å². The monoisotopic (exact) mass is 414 g/mol. The number of carbonyl (C=O) groups excluding carboxylic acids is 1. The zero-order valence-electron chi connectivity index (χ0n) is 17.7. The number of rotatable bonds is 3. The normalized spacial score (nSPS) is 16.6. The van der Waals surface area contributed by atoms with E-state index in [2.05, 4.69) is 48.8 Å². The second kappa shape index (κ2) is 8.38. The van der Waals surface area contributed by atoms with Gasteiger partial charge < -0.3 is 10.5 Å². The molecule has 1 aromatic carbocycles. The standard InChI is InChI=1S/C17H21ClO.C5H6N4O/c1-7-12-8-9-13(11(2)14(12)18)19-15-16(3,4)10-17(15,5)6;1-3-7-2-4(5(6)10)9-8-3/h1,8-9,15H,10H2,2-6H3;2H,1H3,(H2,6,10). The summed E-state index contributed by atoms with van der Waals surface area (Å²) in [6, 6.07) is 3.78. The molecule has 3 rings (SSSR count). The third kappa shape index (κ3) is 5.04. The van der Waals surface area contributed by atoms with Gasteiger partial charge in [0, 0.05) is 22.0 Å². The molecule has 154 valence electrons. The summed E-state index contributed by atoms with van der Waals surface area (Å²) in [4.78, 5) is 14.1. The molecule has 0 radical (unpaired) electrons. The Morgan fingerprint density at radius 1 is 1.24 bits per heavy atom. The number of hydrogen-bond donors (Lipinski definition) is 1. The molecule has 1 heterocycles. The first kappa shape index (κ1) is 22.6. The summed E-state index contributed by atoms with van der Waals surface area (Å²) < 4.78 is 6.24. The molecule has 2 aromatic rings. The molecule has 29 heavy (non-hydrogen) atoms. The maximum atomic E-state index is 10.4. The molecule has 1 aromatic heterocycles. The van der Waals surface area contributed by atoms with Crippen LogP contribution in [0.5, 0.6) is 5.75 Å². The number of aryl methyl sites for hydroxylation is 1. The van der Waals surface area contributed by atoms with Gasteiger partial charge in [-0.15, -0.1) is 16.6 Å². The number of carbonyl (C=O) groups is 1. The third-order valence-corrected chi connectivity index (χ3v) is 5.48. The summed E-state index contributed by atoms with van der Waals surface area (Å²) >= 11 is 6.26. The highest BCUT2D eigenvalue weighted by atomic mass is 35.5. The minimum absolute atomic E-state index is 0.0885. The summed E-state index contributed by atoms with van der Waals surface area (Å²) in [5.41, 5.74) is 7.02. The first-order chi connectivity index (χ1) is 13.4. The number of nitrogens with two attached hydrogens (primary N) is 1. The molecule has 0 spiro atoms. The number of aromatic nitrogens is 3. The average molecular weight is 415 g/mol. The van der Waals surface area contributed by atoms with Gasteiger partial charge in [0.15, 0.2) is 5.69 Å². The van der Waals surface area contributed by atoms with E-state index in [-0.39, 0.29) is 22.6 Å². The number of primary amides is 1. The van der Waals surface area contributed by atoms with Crippen molar-refractivity contribution < 1.29 is 9.53 Å². The lowest BCUT2D eigenvalue weighted by molar-refractivity contribution is -0.134. The molecular weight excluding hydrogens is 388 g/mol. The van der Waals surface area contributed by atoms with Crippen molar-refractivity contribution in [1.29, 1.82) is 0 Å². The maximum Gasteiger partial charge on any atom is 0.270 e. The fourth-order valence-electron chi connectivity index (χ4n) is 4.08. The minimum Gasteiger partial charge on any atom is -0.489 e. The van der Waals surface area contributed by atoms with Crippen LogP contribution in [0, 0.1) is 37.0 Å². The second-order valence-corrected chi connectivity index (χ2v) is 8.98. The predicted molar refractivity (Wildman–Crippen MR) is 114 cm³/mol. The van der Waals surface area contributed by atoms with Crippen LogP contribution in [0.25, 0.3) is 0 Å². The van der Waals surface area contributed by atoms with Crippen LogP contribution >= 0.6 is 11.6 Å². The maximum absolute atomic E-state index is 10.4. The highest BCUT2D eigenvalue weighted by Gasteiger charge is 2.55. The summed E-state index contributed by atoms with van der Waals surface area (Å²) in [5, 5.41) is 7.65. The van der Waals surface area contributed by atoms with Crippen LogP contribution in [0.1, 0.15) is 61.6 Å². The summed E-state index contributed by atoms with van der Waals surface area (Å²) in [6.07, 6.45) is 8.08. The Balaban J connectivity index is 0.000000253. The molecule has 1 aliphatic rings. The lowest BCUT2D eigenvalue weighted by Crippen LogP contribution is -2.58. The number of terminal acetylenes is 1. The quantitative estimate of drug-likeness (QED) is 0.763. The fraction of sp³-hybridized carbons (Fsp3) is 0.455. The molecule has 0 atom stereocenters. The van der Waals surface area contributed by atoms with Crippen LogP contribution in [-0.4, -0.2) is 27.2 Å². The van der Waals surface area contributed by atoms with Crippen molar-refractivity contribution in [1.82, 2.24) is 15.2 Å². The van der Waals surface area contributed by atoms with Gasteiger partial charge >= 0.3 is 0 Å². The van der Waals surface area contributed by atoms with E-state index in [1.54, 1.807) is 6.92 Å². The van der Waals surface area contributed by atoms with Crippen LogP contribution in [0.3, 0.4) is 0 Å². The number of ether oxygens (including phenoxy) is 1. The van der Waals surface area contributed by atoms with E-state index in [9.17, 15) is 4.79 Å². The number of hydrogen-bond acceptors (Lipinski definition) is 5.